The molecule has 0 unspecified atom stereocenters. The second-order valence-electron chi connectivity index (χ2n) is 5.59. The number of nitrogens with zero attached hydrogens (tertiary/aromatic N) is 4. The highest BCUT2D eigenvalue weighted by Gasteiger charge is 2.18. The molecule has 0 fully saturated rings. The number of benzene rings is 1. The van der Waals surface area contributed by atoms with Gasteiger partial charge in [-0.2, -0.15) is 5.10 Å². The Hall–Kier alpha value is -3.75. The van der Waals surface area contributed by atoms with E-state index >= 15 is 0 Å². The molecular formula is C18H18N6O3. The molecule has 0 atom stereocenters. The first kappa shape index (κ1) is 18.1. The molecule has 9 nitrogen and oxygen atoms in total. The fraction of sp³-hybridized carbons (Fsp3) is 0.167. The van der Waals surface area contributed by atoms with Crippen LogP contribution >= 0.6 is 0 Å². The van der Waals surface area contributed by atoms with Gasteiger partial charge in [-0.05, 0) is 12.1 Å². The number of hydrogen-bond acceptors (Lipinski definition) is 6. The molecule has 2 aromatic heterocycles. The molecule has 0 saturated carbocycles. The molecule has 138 valence electrons. The standard InChI is InChI=1S/C18H18N6O3/c1-19-18(26)15-13(10-24(2)23-15)22-17(25)11-8-20-16(21-9-11)12-6-4-5-7-14(12)27-3/h4-10H,1-3H3,(H,19,26)(H,22,25). The maximum Gasteiger partial charge on any atom is 0.273 e. The van der Waals surface area contributed by atoms with Crippen molar-refractivity contribution in [3.8, 4) is 17.1 Å². The zero-order chi connectivity index (χ0) is 19.4. The van der Waals surface area contributed by atoms with E-state index in [1.807, 2.05) is 24.3 Å². The van der Waals surface area contributed by atoms with Crippen LogP contribution in [-0.2, 0) is 7.05 Å². The lowest BCUT2D eigenvalue weighted by molar-refractivity contribution is 0.0958. The zero-order valence-electron chi connectivity index (χ0n) is 15.1. The van der Waals surface area contributed by atoms with Gasteiger partial charge in [-0.25, -0.2) is 9.97 Å². The fourth-order valence-corrected chi connectivity index (χ4v) is 2.47. The van der Waals surface area contributed by atoms with Gasteiger partial charge < -0.3 is 15.4 Å². The number of nitrogens with one attached hydrogen (secondary N) is 2. The SMILES string of the molecule is CNC(=O)c1nn(C)cc1NC(=O)c1cnc(-c2ccccc2OC)nc1. The van der Waals surface area contributed by atoms with Gasteiger partial charge in [0.15, 0.2) is 11.5 Å². The monoisotopic (exact) mass is 366 g/mol. The Morgan fingerprint density at radius 2 is 1.81 bits per heavy atom. The van der Waals surface area contributed by atoms with Crippen LogP contribution in [0.3, 0.4) is 0 Å². The molecule has 0 bridgehead atoms. The van der Waals surface area contributed by atoms with Crippen molar-refractivity contribution in [1.29, 1.82) is 0 Å². The second-order valence-corrected chi connectivity index (χ2v) is 5.59. The number of methoxy groups -OCH3 is 1. The zero-order valence-corrected chi connectivity index (χ0v) is 15.1. The van der Waals surface area contributed by atoms with Crippen LogP contribution in [0.1, 0.15) is 20.8 Å². The predicted molar refractivity (Wildman–Crippen MR) is 98.6 cm³/mol. The van der Waals surface area contributed by atoms with Gasteiger partial charge in [0.05, 0.1) is 23.9 Å². The number of rotatable bonds is 5. The van der Waals surface area contributed by atoms with E-state index in [0.717, 1.165) is 5.56 Å². The van der Waals surface area contributed by atoms with E-state index in [1.54, 1.807) is 20.4 Å². The third kappa shape index (κ3) is 3.76. The number of hydrogen-bond donors (Lipinski definition) is 2. The van der Waals surface area contributed by atoms with E-state index in [-0.39, 0.29) is 11.3 Å². The van der Waals surface area contributed by atoms with Gasteiger partial charge in [0.25, 0.3) is 11.8 Å². The Bertz CT molecular complexity index is 981. The highest BCUT2D eigenvalue weighted by Crippen LogP contribution is 2.26. The Balaban J connectivity index is 1.82. The number of carbonyl (C=O) groups is 2. The lowest BCUT2D eigenvalue weighted by Crippen LogP contribution is -2.21. The number of ether oxygens (including phenoxy) is 1. The number of para-hydroxylation sites is 1. The summed E-state index contributed by atoms with van der Waals surface area (Å²) in [5, 5.41) is 9.18. The summed E-state index contributed by atoms with van der Waals surface area (Å²) >= 11 is 0. The number of anilines is 1. The average molecular weight is 366 g/mol. The summed E-state index contributed by atoms with van der Waals surface area (Å²) in [5.74, 6) is 0.241. The van der Waals surface area contributed by atoms with Gasteiger partial charge in [0.1, 0.15) is 5.75 Å². The number of amides is 2. The van der Waals surface area contributed by atoms with Gasteiger partial charge in [-0.15, -0.1) is 0 Å². The molecule has 2 heterocycles. The van der Waals surface area contributed by atoms with Gasteiger partial charge in [0, 0.05) is 32.7 Å². The van der Waals surface area contributed by atoms with Gasteiger partial charge >= 0.3 is 0 Å². The summed E-state index contributed by atoms with van der Waals surface area (Å²) in [6.45, 7) is 0. The van der Waals surface area contributed by atoms with Crippen molar-refractivity contribution in [2.75, 3.05) is 19.5 Å². The summed E-state index contributed by atoms with van der Waals surface area (Å²) in [5.41, 5.74) is 1.40. The van der Waals surface area contributed by atoms with E-state index < -0.39 is 11.8 Å². The minimum atomic E-state index is -0.445. The van der Waals surface area contributed by atoms with Crippen molar-refractivity contribution >= 4 is 17.5 Å². The topological polar surface area (TPSA) is 111 Å². The third-order valence-corrected chi connectivity index (χ3v) is 3.78. The smallest absolute Gasteiger partial charge is 0.273 e. The molecule has 27 heavy (non-hydrogen) atoms. The molecule has 9 heteroatoms. The number of aryl methyl sites for hydroxylation is 1. The second kappa shape index (κ2) is 7.65. The average Bonchev–Trinajstić information content (AvgIpc) is 3.07. The minimum Gasteiger partial charge on any atom is -0.496 e. The Morgan fingerprint density at radius 3 is 2.48 bits per heavy atom. The van der Waals surface area contributed by atoms with Gasteiger partial charge in [-0.1, -0.05) is 12.1 Å². The highest BCUT2D eigenvalue weighted by molar-refractivity contribution is 6.08. The predicted octanol–water partition coefficient (Wildman–Crippen LogP) is 1.50. The maximum atomic E-state index is 12.5. The summed E-state index contributed by atoms with van der Waals surface area (Å²) in [4.78, 5) is 32.8. The molecule has 1 aromatic carbocycles. The normalized spacial score (nSPS) is 10.3. The van der Waals surface area contributed by atoms with Crippen LogP contribution in [0.4, 0.5) is 5.69 Å². The summed E-state index contributed by atoms with van der Waals surface area (Å²) in [7, 11) is 4.72. The molecule has 0 saturated heterocycles. The van der Waals surface area contributed by atoms with Crippen LogP contribution in [-0.4, -0.2) is 45.7 Å². The van der Waals surface area contributed by atoms with Crippen molar-refractivity contribution in [2.45, 2.75) is 0 Å². The number of carbonyl (C=O) groups excluding carboxylic acids is 2. The molecule has 0 aliphatic heterocycles. The first-order valence-electron chi connectivity index (χ1n) is 8.06. The van der Waals surface area contributed by atoms with E-state index in [2.05, 4.69) is 25.7 Å². The molecule has 3 rings (SSSR count). The summed E-state index contributed by atoms with van der Waals surface area (Å²) in [6, 6.07) is 7.34. The quantitative estimate of drug-likeness (QED) is 0.708. The van der Waals surface area contributed by atoms with Crippen LogP contribution in [0.15, 0.2) is 42.9 Å². The third-order valence-electron chi connectivity index (χ3n) is 3.78. The molecule has 0 radical (unpaired) electrons. The molecule has 0 spiro atoms. The first-order valence-corrected chi connectivity index (χ1v) is 8.06. The highest BCUT2D eigenvalue weighted by atomic mass is 16.5. The largest absolute Gasteiger partial charge is 0.496 e. The van der Waals surface area contributed by atoms with Crippen LogP contribution < -0.4 is 15.4 Å². The van der Waals surface area contributed by atoms with Crippen LogP contribution in [0.25, 0.3) is 11.4 Å². The van der Waals surface area contributed by atoms with E-state index in [4.69, 9.17) is 4.74 Å². The summed E-state index contributed by atoms with van der Waals surface area (Å²) in [6.07, 6.45) is 4.38. The van der Waals surface area contributed by atoms with Crippen LogP contribution in [0.2, 0.25) is 0 Å². The molecule has 0 aliphatic carbocycles. The van der Waals surface area contributed by atoms with Gasteiger partial charge in [0.2, 0.25) is 0 Å². The molecule has 0 aliphatic rings. The van der Waals surface area contributed by atoms with Crippen molar-refractivity contribution in [3.05, 3.63) is 54.1 Å². The molecule has 2 N–H and O–H groups in total. The van der Waals surface area contributed by atoms with Crippen molar-refractivity contribution in [3.63, 3.8) is 0 Å². The number of aromatic nitrogens is 4. The minimum absolute atomic E-state index is 0.125. The molecule has 3 aromatic rings. The van der Waals surface area contributed by atoms with Crippen LogP contribution in [0.5, 0.6) is 5.75 Å². The van der Waals surface area contributed by atoms with E-state index in [9.17, 15) is 9.59 Å². The van der Waals surface area contributed by atoms with E-state index in [1.165, 1.54) is 24.1 Å². The Labute approximate surface area is 155 Å². The fourth-order valence-electron chi connectivity index (χ4n) is 2.47. The maximum absolute atomic E-state index is 12.5. The summed E-state index contributed by atoms with van der Waals surface area (Å²) < 4.78 is 6.74. The van der Waals surface area contributed by atoms with Crippen LogP contribution in [0, 0.1) is 0 Å². The van der Waals surface area contributed by atoms with Crippen molar-refractivity contribution in [2.24, 2.45) is 7.05 Å². The Morgan fingerprint density at radius 1 is 1.11 bits per heavy atom. The van der Waals surface area contributed by atoms with Gasteiger partial charge in [-0.3, -0.25) is 14.3 Å². The van der Waals surface area contributed by atoms with Crippen molar-refractivity contribution in [1.82, 2.24) is 25.1 Å². The molecular weight excluding hydrogens is 348 g/mol. The molecule has 2 amide bonds. The first-order chi connectivity index (χ1) is 13.0. The van der Waals surface area contributed by atoms with E-state index in [0.29, 0.717) is 17.3 Å². The lowest BCUT2D eigenvalue weighted by atomic mass is 10.2. The lowest BCUT2D eigenvalue weighted by Gasteiger charge is -2.08. The van der Waals surface area contributed by atoms with Crippen molar-refractivity contribution < 1.29 is 14.3 Å². The Kier molecular flexibility index (Phi) is 5.11.